The number of thiophene rings is 1. The molecule has 60 heavy (non-hydrogen) atoms. The van der Waals surface area contributed by atoms with E-state index in [2.05, 4.69) is 15.1 Å². The fraction of sp³-hybridized carbons (Fsp3) is 0.682. The Hall–Kier alpha value is -3.48. The second-order valence-electron chi connectivity index (χ2n) is 17.3. The molecule has 0 saturated carbocycles. The van der Waals surface area contributed by atoms with Gasteiger partial charge in [0.1, 0.15) is 29.4 Å². The lowest BCUT2D eigenvalue weighted by Gasteiger charge is -2.47. The summed E-state index contributed by atoms with van der Waals surface area (Å²) in [6.45, 7) is 15.0. The summed E-state index contributed by atoms with van der Waals surface area (Å²) >= 11 is 1.54. The summed E-state index contributed by atoms with van der Waals surface area (Å²) in [4.78, 5) is 59.8. The highest BCUT2D eigenvalue weighted by Gasteiger charge is 2.53. The van der Waals surface area contributed by atoms with Crippen LogP contribution < -0.4 is 0 Å². The number of hydrogen-bond donors (Lipinski definition) is 2. The van der Waals surface area contributed by atoms with Crippen molar-refractivity contribution in [1.29, 1.82) is 0 Å². The lowest BCUT2D eigenvalue weighted by Crippen LogP contribution is -2.60. The smallest absolute Gasteiger partial charge is 0.316 e. The molecule has 3 fully saturated rings. The van der Waals surface area contributed by atoms with Crippen LogP contribution in [0.1, 0.15) is 86.5 Å². The Labute approximate surface area is 357 Å². The molecular weight excluding hydrogens is 793 g/mol. The van der Waals surface area contributed by atoms with Crippen molar-refractivity contribution in [1.82, 2.24) is 9.88 Å². The predicted octanol–water partition coefficient (Wildman–Crippen LogP) is 5.25. The molecule has 5 rings (SSSR count). The molecule has 5 heterocycles. The summed E-state index contributed by atoms with van der Waals surface area (Å²) in [6.07, 6.45) is -1.54. The first-order valence-corrected chi connectivity index (χ1v) is 21.7. The van der Waals surface area contributed by atoms with E-state index in [0.717, 1.165) is 15.3 Å². The Morgan fingerprint density at radius 3 is 2.47 bits per heavy atom. The standard InChI is InChI=1S/C44H64N4O11S/c1-12-35-44(9,53)40-26(4)36(46-29(7)49)24(2)19-43(8,55-22-31(21-54-40)47-56-23-32-15-16-34(60-32)30-14-13-17-45-20-30)39(27(5)37(50)28(6)41(52)58-35)59-42-38(51)33(48(10)11)18-25(3)57-42/h13-17,20,24-28,33,35,38-40,42,51,53H,12,18-19,21-23H2,1-11H3/t24-,25-,26+,27+,28-,33+,35-,38-,39-,40-,42+,43-,44-/m1/s1. The van der Waals surface area contributed by atoms with Gasteiger partial charge >= 0.3 is 5.97 Å². The minimum atomic E-state index is -1.84. The van der Waals surface area contributed by atoms with E-state index in [1.807, 2.05) is 64.0 Å². The first-order chi connectivity index (χ1) is 28.3. The highest BCUT2D eigenvalue weighted by atomic mass is 32.1. The lowest BCUT2D eigenvalue weighted by molar-refractivity contribution is -0.296. The molecule has 0 radical (unpaired) electrons. The molecule has 13 atom stereocenters. The van der Waals surface area contributed by atoms with Crippen molar-refractivity contribution in [3.8, 4) is 10.4 Å². The zero-order chi connectivity index (χ0) is 44.1. The molecule has 0 unspecified atom stereocenters. The van der Waals surface area contributed by atoms with Crippen LogP contribution in [0.2, 0.25) is 0 Å². The number of aromatic nitrogens is 1. The van der Waals surface area contributed by atoms with Crippen LogP contribution >= 0.6 is 11.3 Å². The van der Waals surface area contributed by atoms with Crippen molar-refractivity contribution in [2.24, 2.45) is 33.8 Å². The maximum Gasteiger partial charge on any atom is 0.316 e. The van der Waals surface area contributed by atoms with Gasteiger partial charge in [-0.3, -0.25) is 19.4 Å². The molecule has 332 valence electrons. The molecular formula is C44H64N4O11S. The number of oxime groups is 1. The molecule has 2 N–H and O–H groups in total. The number of aliphatic hydroxyl groups excluding tert-OH is 1. The Bertz CT molecular complexity index is 1850. The van der Waals surface area contributed by atoms with E-state index in [1.165, 1.54) is 20.8 Å². The summed E-state index contributed by atoms with van der Waals surface area (Å²) in [6, 6.07) is 7.49. The number of amides is 1. The van der Waals surface area contributed by atoms with Crippen LogP contribution in [-0.2, 0) is 49.5 Å². The van der Waals surface area contributed by atoms with E-state index in [4.69, 9.17) is 28.5 Å². The number of carbonyl (C=O) groups is 3. The number of likely N-dealkylation sites (N-methyl/N-ethyl adjacent to an activating group) is 1. The third-order valence-electron chi connectivity index (χ3n) is 12.1. The number of rotatable bonds is 8. The molecule has 0 aliphatic carbocycles. The molecule has 2 aromatic heterocycles. The van der Waals surface area contributed by atoms with E-state index in [0.29, 0.717) is 17.8 Å². The molecule has 2 aromatic rings. The first-order valence-electron chi connectivity index (χ1n) is 20.9. The largest absolute Gasteiger partial charge is 0.459 e. The molecule has 2 bridgehead atoms. The van der Waals surface area contributed by atoms with Gasteiger partial charge in [-0.2, -0.15) is 0 Å². The van der Waals surface area contributed by atoms with Crippen LogP contribution in [-0.4, -0.2) is 131 Å². The van der Waals surface area contributed by atoms with Gasteiger partial charge in [0.05, 0.1) is 37.1 Å². The second kappa shape index (κ2) is 20.1. The monoisotopic (exact) mass is 856 g/mol. The van der Waals surface area contributed by atoms with E-state index in [1.54, 1.807) is 44.5 Å². The van der Waals surface area contributed by atoms with Crippen LogP contribution in [0.5, 0.6) is 0 Å². The molecule has 0 spiro atoms. The van der Waals surface area contributed by atoms with Gasteiger partial charge in [-0.1, -0.05) is 38.9 Å². The van der Waals surface area contributed by atoms with Crippen LogP contribution in [0.25, 0.3) is 10.4 Å². The van der Waals surface area contributed by atoms with Gasteiger partial charge in [0.15, 0.2) is 18.7 Å². The number of ether oxygens (including phenoxy) is 5. The molecule has 3 aliphatic rings. The number of pyridine rings is 1. The number of nitrogens with zero attached hydrogens (tertiary/aromatic N) is 4. The Balaban J connectivity index is 1.64. The van der Waals surface area contributed by atoms with Crippen molar-refractivity contribution in [2.45, 2.75) is 142 Å². The van der Waals surface area contributed by atoms with Crippen LogP contribution in [0.4, 0.5) is 0 Å². The van der Waals surface area contributed by atoms with E-state index in [9.17, 15) is 24.6 Å². The summed E-state index contributed by atoms with van der Waals surface area (Å²) < 4.78 is 32.5. The summed E-state index contributed by atoms with van der Waals surface area (Å²) in [5.74, 6) is -5.28. The van der Waals surface area contributed by atoms with Crippen LogP contribution in [0.15, 0.2) is 46.8 Å². The third-order valence-corrected chi connectivity index (χ3v) is 13.2. The Morgan fingerprint density at radius 1 is 1.08 bits per heavy atom. The van der Waals surface area contributed by atoms with Crippen LogP contribution in [0, 0.1) is 23.7 Å². The van der Waals surface area contributed by atoms with Crippen molar-refractivity contribution < 1.29 is 53.1 Å². The van der Waals surface area contributed by atoms with Gasteiger partial charge in [-0.05, 0) is 85.2 Å². The van der Waals surface area contributed by atoms with Gasteiger partial charge in [-0.15, -0.1) is 11.3 Å². The number of fused-ring (bicyclic) bond motifs is 5. The van der Waals surface area contributed by atoms with Gasteiger partial charge in [0, 0.05) is 58.2 Å². The Morgan fingerprint density at radius 2 is 1.82 bits per heavy atom. The maximum atomic E-state index is 14.5. The normalized spacial score (nSPS) is 37.6. The van der Waals surface area contributed by atoms with E-state index in [-0.39, 0.29) is 44.8 Å². The zero-order valence-electron chi connectivity index (χ0n) is 36.8. The zero-order valence-corrected chi connectivity index (χ0v) is 37.6. The number of aliphatic imine (C=N–C) groups is 1. The summed E-state index contributed by atoms with van der Waals surface area (Å²) in [5, 5.41) is 28.6. The number of hydrogen-bond acceptors (Lipinski definition) is 15. The summed E-state index contributed by atoms with van der Waals surface area (Å²) in [5.41, 5.74) is -1.52. The van der Waals surface area contributed by atoms with Gasteiger partial charge in [-0.25, -0.2) is 4.99 Å². The van der Waals surface area contributed by atoms with E-state index >= 15 is 0 Å². The molecule has 15 nitrogen and oxygen atoms in total. The number of aliphatic hydroxyl groups is 2. The van der Waals surface area contributed by atoms with Crippen molar-refractivity contribution in [2.75, 3.05) is 27.3 Å². The topological polar surface area (TPSA) is 188 Å². The van der Waals surface area contributed by atoms with Gasteiger partial charge in [0.25, 0.3) is 0 Å². The molecule has 0 aromatic carbocycles. The number of cyclic esters (lactones) is 1. The van der Waals surface area contributed by atoms with Crippen molar-refractivity contribution >= 4 is 40.4 Å². The number of Topliss-reactive ketones (excluding diaryl/α,β-unsaturated/α-hetero) is 1. The quantitative estimate of drug-likeness (QED) is 0.200. The number of carbonyl (C=O) groups excluding carboxylic acids is 3. The maximum absolute atomic E-state index is 14.5. The minimum absolute atomic E-state index is 0.140. The average molecular weight is 857 g/mol. The van der Waals surface area contributed by atoms with Gasteiger partial charge in [0.2, 0.25) is 5.91 Å². The average Bonchev–Trinajstić information content (AvgIpc) is 3.67. The van der Waals surface area contributed by atoms with Gasteiger partial charge < -0.3 is 43.6 Å². The third kappa shape index (κ3) is 10.9. The predicted molar refractivity (Wildman–Crippen MR) is 226 cm³/mol. The fourth-order valence-corrected chi connectivity index (χ4v) is 9.82. The fourth-order valence-electron chi connectivity index (χ4n) is 8.91. The minimum Gasteiger partial charge on any atom is -0.459 e. The molecule has 3 aliphatic heterocycles. The summed E-state index contributed by atoms with van der Waals surface area (Å²) in [7, 11) is 3.74. The molecule has 1 amide bonds. The highest BCUT2D eigenvalue weighted by Crippen LogP contribution is 2.40. The molecule has 3 saturated heterocycles. The first kappa shape index (κ1) is 47.6. The van der Waals surface area contributed by atoms with Crippen molar-refractivity contribution in [3.63, 3.8) is 0 Å². The lowest BCUT2D eigenvalue weighted by atomic mass is 9.73. The highest BCUT2D eigenvalue weighted by molar-refractivity contribution is 7.15. The SMILES string of the molecule is CC[C@H]1OC(=O)[C@H](C)C(=O)[C@H](C)[C@@H](O[C@@H]2O[C@H](C)C[C@H](N(C)C)[C@H]2O)[C@@]2(C)C[C@@H](C)C(=NC(C)=O)[C@H](C)[C@@H](OCC(=NOCc3ccc(-c4cccnc4)s3)CO2)[C@]1(C)O. The second-order valence-corrected chi connectivity index (χ2v) is 18.5. The van der Waals surface area contributed by atoms with Crippen molar-refractivity contribution in [3.05, 3.63) is 41.5 Å². The van der Waals surface area contributed by atoms with E-state index < -0.39 is 83.2 Å². The Kier molecular flexibility index (Phi) is 16.0. The number of esters is 1. The van der Waals surface area contributed by atoms with Crippen LogP contribution in [0.3, 0.4) is 0 Å². The number of ketones is 1. The molecule has 16 heteroatoms.